The van der Waals surface area contributed by atoms with Gasteiger partial charge in [0, 0.05) is 27.7 Å². The zero-order valence-electron chi connectivity index (χ0n) is 66.0. The second-order valence-electron chi connectivity index (χ2n) is 30.8. The number of carbonyl (C=O) groups excluding carboxylic acids is 4. The number of hydrogen-bond acceptors (Lipinski definition) is 51. The highest BCUT2D eigenvalue weighted by molar-refractivity contribution is 5.74. The van der Waals surface area contributed by atoms with Gasteiger partial charge in [-0.15, -0.1) is 0 Å². The van der Waals surface area contributed by atoms with Gasteiger partial charge in [-0.05, 0) is 0 Å². The second kappa shape index (κ2) is 45.7. The molecule has 9 aliphatic rings. The van der Waals surface area contributed by atoms with Crippen molar-refractivity contribution in [2.24, 2.45) is 0 Å². The van der Waals surface area contributed by atoms with Gasteiger partial charge in [-0.25, -0.2) is 0 Å². The third-order valence-electron chi connectivity index (χ3n) is 22.1. The maximum absolute atomic E-state index is 13.3. The summed E-state index contributed by atoms with van der Waals surface area (Å²) in [6.07, 6.45) is -95.5. The Kier molecular flexibility index (Phi) is 38.2. The summed E-state index contributed by atoms with van der Waals surface area (Å²) < 4.78 is 107. The van der Waals surface area contributed by atoms with Gasteiger partial charge in [0.25, 0.3) is 0 Å². The Morgan fingerprint density at radius 1 is 0.260 bits per heavy atom. The third-order valence-corrected chi connectivity index (χ3v) is 22.1. The molecule has 0 bridgehead atoms. The molecule has 49 atom stereocenters. The van der Waals surface area contributed by atoms with E-state index < -0.39 is 397 Å². The Balaban J connectivity index is 1.04. The van der Waals surface area contributed by atoms with Crippen LogP contribution < -0.4 is 21.3 Å². The summed E-state index contributed by atoms with van der Waals surface area (Å²) in [5.74, 6) is -3.91. The molecule has 0 aromatic heterocycles. The van der Waals surface area contributed by atoms with Gasteiger partial charge in [-0.2, -0.15) is 0 Å². The summed E-state index contributed by atoms with van der Waals surface area (Å²) in [5.41, 5.74) is 0. The first kappa shape index (κ1) is 103. The van der Waals surface area contributed by atoms with Crippen LogP contribution in [0.1, 0.15) is 27.7 Å². The monoisotopic (exact) mass is 1800 g/mol. The Labute approximate surface area is 696 Å². The quantitative estimate of drug-likeness (QED) is 0.0277. The molecule has 4 amide bonds. The van der Waals surface area contributed by atoms with E-state index in [-0.39, 0.29) is 0 Å². The summed E-state index contributed by atoms with van der Waals surface area (Å²) >= 11 is 0. The van der Waals surface area contributed by atoms with Crippen LogP contribution in [-0.2, 0) is 104 Å². The zero-order valence-corrected chi connectivity index (χ0v) is 66.0. The first-order valence-corrected chi connectivity index (χ1v) is 39.1. The maximum Gasteiger partial charge on any atom is 0.217 e. The highest BCUT2D eigenvalue weighted by Gasteiger charge is 2.61. The first-order chi connectivity index (χ1) is 58.2. The van der Waals surface area contributed by atoms with E-state index in [1.165, 1.54) is 0 Å². The molecule has 9 saturated heterocycles. The van der Waals surface area contributed by atoms with Crippen molar-refractivity contribution in [1.29, 1.82) is 0 Å². The van der Waals surface area contributed by atoms with Gasteiger partial charge >= 0.3 is 0 Å². The van der Waals surface area contributed by atoms with Crippen LogP contribution in [0.15, 0.2) is 0 Å². The molecule has 9 rings (SSSR count). The van der Waals surface area contributed by atoms with Crippen LogP contribution >= 0.6 is 0 Å². The maximum atomic E-state index is 13.3. The number of aliphatic hydroxyl groups is 29. The zero-order chi connectivity index (χ0) is 90.9. The van der Waals surface area contributed by atoms with E-state index in [1.54, 1.807) is 0 Å². The molecule has 0 radical (unpaired) electrons. The van der Waals surface area contributed by atoms with Crippen LogP contribution in [0.4, 0.5) is 0 Å². The first-order valence-electron chi connectivity index (χ1n) is 39.1. The summed E-state index contributed by atoms with van der Waals surface area (Å²) in [6, 6.07) is -7.81. The van der Waals surface area contributed by atoms with Crippen molar-refractivity contribution in [2.75, 3.05) is 72.7 Å². The Morgan fingerprint density at radius 3 is 0.829 bits per heavy atom. The molecule has 0 aromatic rings. The van der Waals surface area contributed by atoms with E-state index in [0.29, 0.717) is 0 Å². The van der Waals surface area contributed by atoms with Crippen LogP contribution in [0.2, 0.25) is 0 Å². The fraction of sp³-hybridized carbons (Fsp3) is 0.941. The average Bonchev–Trinajstić information content (AvgIpc) is 0.764. The smallest absolute Gasteiger partial charge is 0.217 e. The van der Waals surface area contributed by atoms with Crippen molar-refractivity contribution in [3.63, 3.8) is 0 Å². The molecule has 0 unspecified atom stereocenters. The molecule has 0 saturated carbocycles. The number of nitrogens with one attached hydrogen (secondary N) is 4. The van der Waals surface area contributed by atoms with E-state index in [9.17, 15) is 167 Å². The van der Waals surface area contributed by atoms with Crippen molar-refractivity contribution in [2.45, 2.75) is 328 Å². The van der Waals surface area contributed by atoms with Crippen LogP contribution in [0, 0.1) is 0 Å². The molecule has 55 nitrogen and oxygen atoms in total. The number of hydrogen-bond donors (Lipinski definition) is 33. The van der Waals surface area contributed by atoms with E-state index >= 15 is 0 Å². The minimum Gasteiger partial charge on any atom is -0.394 e. The van der Waals surface area contributed by atoms with Crippen molar-refractivity contribution in [3.05, 3.63) is 0 Å². The number of amides is 4. The standard InChI is InChI=1S/C68H116N4O51/c1-16(82)69-31-43(96)54(118-64-48(101)45(98)36(89)22(7-75)110-64)27(12-80)113-60(31)107-15-30-42(95)59(123-63-34(72-19(4)85)57(40(93)26(11-79)109-63)121-66-50(103)47(100)38(91)24(9-77)112-66)52(105)68(116-30)119-55-28(13-81)114-61(32(44(55)97)70-17(2)83)106-14-29-41(94)58(51(104)67(115-29)117-53(21(87)6-74)35(88)20(86)5-73)122-62-33(71-18(3)84)56(39(92)25(10-78)108-62)120-65-49(102)46(99)37(90)23(8-76)111-65/h20-68,73-81,86-105H,5-15H2,1-4H3,(H,69,82)(H,70,83)(H,71,84)(H,72,85)/t20-,21+,22+,23+,24+,25+,26+,27+,28+,29+,30+,31+,32+,33+,34-,35+,36-,37-,38-,39+,40+,41-,42-,43+,44+,45-,46-,47-,48+,49+,50+,51+,52+,53+,54+,55+,56+,57+,58-,59-,60+,61+,62-,63-,64-,65-,66-,67-,68-/m0/s1. The van der Waals surface area contributed by atoms with Gasteiger partial charge in [0.05, 0.1) is 72.7 Å². The normalized spacial score (nSPS) is 46.7. The van der Waals surface area contributed by atoms with Gasteiger partial charge in [0.1, 0.15) is 244 Å². The van der Waals surface area contributed by atoms with Crippen LogP contribution in [0.3, 0.4) is 0 Å². The molecule has 714 valence electrons. The van der Waals surface area contributed by atoms with Gasteiger partial charge in [0.15, 0.2) is 56.6 Å². The van der Waals surface area contributed by atoms with E-state index in [2.05, 4.69) is 21.3 Å². The van der Waals surface area contributed by atoms with Crippen molar-refractivity contribution in [3.8, 4) is 0 Å². The van der Waals surface area contributed by atoms with Crippen molar-refractivity contribution < 1.29 is 253 Å². The predicted molar refractivity (Wildman–Crippen MR) is 378 cm³/mol. The summed E-state index contributed by atoms with van der Waals surface area (Å²) in [7, 11) is 0. The van der Waals surface area contributed by atoms with Crippen molar-refractivity contribution >= 4 is 23.6 Å². The molecule has 55 heteroatoms. The van der Waals surface area contributed by atoms with Crippen LogP contribution in [-0.4, -0.2) is 545 Å². The lowest BCUT2D eigenvalue weighted by atomic mass is 9.93. The number of aliphatic hydroxyl groups excluding tert-OH is 29. The molecule has 0 spiro atoms. The highest BCUT2D eigenvalue weighted by atomic mass is 16.8. The van der Waals surface area contributed by atoms with Gasteiger partial charge in [-0.1, -0.05) is 0 Å². The number of ether oxygens (including phenoxy) is 18. The molecule has 0 aromatic carbocycles. The third kappa shape index (κ3) is 23.5. The van der Waals surface area contributed by atoms with Crippen molar-refractivity contribution in [1.82, 2.24) is 21.3 Å². The lowest BCUT2D eigenvalue weighted by Crippen LogP contribution is -2.71. The lowest BCUT2D eigenvalue weighted by molar-refractivity contribution is -0.384. The Bertz CT molecular complexity index is 3250. The van der Waals surface area contributed by atoms with Gasteiger partial charge < -0.3 is 255 Å². The summed E-state index contributed by atoms with van der Waals surface area (Å²) in [5, 5.41) is 329. The number of rotatable bonds is 36. The molecule has 0 aliphatic carbocycles. The summed E-state index contributed by atoms with van der Waals surface area (Å²) in [6.45, 7) is -8.80. The summed E-state index contributed by atoms with van der Waals surface area (Å²) in [4.78, 5) is 52.4. The molecular formula is C68H116N4O51. The Hall–Kier alpha value is -4.00. The van der Waals surface area contributed by atoms with E-state index in [1.807, 2.05) is 0 Å². The molecule has 9 aliphatic heterocycles. The topological polar surface area (TPSA) is 869 Å². The molecule has 123 heavy (non-hydrogen) atoms. The minimum atomic E-state index is -2.55. The van der Waals surface area contributed by atoms with E-state index in [0.717, 1.165) is 27.7 Å². The minimum absolute atomic E-state index is 0.892. The number of carbonyl (C=O) groups is 4. The largest absolute Gasteiger partial charge is 0.394 e. The van der Waals surface area contributed by atoms with Crippen LogP contribution in [0.25, 0.3) is 0 Å². The highest BCUT2D eigenvalue weighted by Crippen LogP contribution is 2.40. The SMILES string of the molecule is CC(=O)N[C@@H]1[C@H](O[C@H]2[C@@H](O)[C@@H](CO[C@@H]3O[C@H](CO)[C@@H](O[C@@H]4O[C@H](CO)[C@H](O)[C@H](O)[C@H]4O)[C@H](O)[C@H]3NC(C)=O)O[C@@H](O[C@H]3[C@H](O)[C@@H](NC(C)=O)[C@H](OC[C@H]4O[C@@H](O[C@@H]([C@H](O)[C@@H](O)CO)[C@H](O)CO)[C@H](O)[C@@H](O[C@@H]5O[C@H](CO)[C@@H](O)[C@H](O[C@@H]6O[C@H](CO)[C@H](O)[C@H](O)[C@H]6O)[C@H]5NC(C)=O)[C@H]4O)O[C@@H]3CO)[C@@H]2O)O[C@H](CO)[C@@H](O)[C@@H]1O[C@@H]1O[C@H](CO)[C@H](O)[C@H](O)[C@H]1O. The Morgan fingerprint density at radius 2 is 0.512 bits per heavy atom. The predicted octanol–water partition coefficient (Wildman–Crippen LogP) is -22.6. The molecule has 9 heterocycles. The molecule has 33 N–H and O–H groups in total. The van der Waals surface area contributed by atoms with E-state index in [4.69, 9.17) is 85.3 Å². The van der Waals surface area contributed by atoms with Gasteiger partial charge in [-0.3, -0.25) is 19.2 Å². The second-order valence-corrected chi connectivity index (χ2v) is 30.8. The molecular weight excluding hydrogens is 1690 g/mol. The van der Waals surface area contributed by atoms with Gasteiger partial charge in [0.2, 0.25) is 23.6 Å². The fourth-order valence-corrected chi connectivity index (χ4v) is 15.5. The molecule has 9 fully saturated rings. The van der Waals surface area contributed by atoms with Crippen LogP contribution in [0.5, 0.6) is 0 Å². The average molecular weight is 1810 g/mol. The lowest BCUT2D eigenvalue weighted by Gasteiger charge is -2.51. The fourth-order valence-electron chi connectivity index (χ4n) is 15.5.